The molecule has 1 aromatic carbocycles. The van der Waals surface area contributed by atoms with E-state index in [9.17, 15) is 0 Å². The van der Waals surface area contributed by atoms with E-state index in [1.807, 2.05) is 38.1 Å². The smallest absolute Gasteiger partial charge is 0.227 e. The maximum absolute atomic E-state index is 5.46. The SMILES string of the molecule is Cc1cc(N2CCN(c3nc4ccccc4nc3C)CC2)nc(N2CCOCC2)n1. The van der Waals surface area contributed by atoms with E-state index in [-0.39, 0.29) is 0 Å². The summed E-state index contributed by atoms with van der Waals surface area (Å²) in [7, 11) is 0. The number of aryl methyl sites for hydroxylation is 2. The zero-order chi connectivity index (χ0) is 20.5. The molecule has 3 aromatic rings. The number of rotatable bonds is 3. The van der Waals surface area contributed by atoms with Gasteiger partial charge >= 0.3 is 0 Å². The van der Waals surface area contributed by atoms with Crippen LogP contribution in [0.5, 0.6) is 0 Å². The second-order valence-corrected chi connectivity index (χ2v) is 7.86. The molecule has 0 atom stereocenters. The first kappa shape index (κ1) is 19.0. The van der Waals surface area contributed by atoms with Crippen molar-refractivity contribution in [3.63, 3.8) is 0 Å². The lowest BCUT2D eigenvalue weighted by Crippen LogP contribution is -2.47. The first-order valence-corrected chi connectivity index (χ1v) is 10.6. The first-order valence-electron chi connectivity index (χ1n) is 10.6. The van der Waals surface area contributed by atoms with Crippen LogP contribution in [0, 0.1) is 13.8 Å². The Hall–Kier alpha value is -3.00. The molecule has 0 saturated carbocycles. The lowest BCUT2D eigenvalue weighted by molar-refractivity contribution is 0.122. The zero-order valence-corrected chi connectivity index (χ0v) is 17.6. The lowest BCUT2D eigenvalue weighted by atomic mass is 10.2. The Balaban J connectivity index is 1.32. The van der Waals surface area contributed by atoms with Crippen LogP contribution >= 0.6 is 0 Å². The van der Waals surface area contributed by atoms with Crippen LogP contribution in [0.1, 0.15) is 11.4 Å². The normalized spacial score (nSPS) is 17.6. The van der Waals surface area contributed by atoms with E-state index in [2.05, 4.69) is 25.8 Å². The number of para-hydroxylation sites is 2. The number of fused-ring (bicyclic) bond motifs is 1. The molecule has 2 aromatic heterocycles. The molecule has 2 fully saturated rings. The van der Waals surface area contributed by atoms with Gasteiger partial charge in [0.05, 0.1) is 29.9 Å². The summed E-state index contributed by atoms with van der Waals surface area (Å²) in [6.45, 7) is 10.8. The van der Waals surface area contributed by atoms with Gasteiger partial charge in [0.2, 0.25) is 5.95 Å². The summed E-state index contributed by atoms with van der Waals surface area (Å²) in [6, 6.07) is 10.1. The minimum atomic E-state index is 0.734. The predicted molar refractivity (Wildman–Crippen MR) is 119 cm³/mol. The summed E-state index contributed by atoms with van der Waals surface area (Å²) in [4.78, 5) is 26.1. The molecule has 5 rings (SSSR count). The number of hydrogen-bond donors (Lipinski definition) is 0. The first-order chi connectivity index (χ1) is 14.7. The maximum Gasteiger partial charge on any atom is 0.227 e. The third-order valence-corrected chi connectivity index (χ3v) is 5.75. The average Bonchev–Trinajstić information content (AvgIpc) is 2.79. The predicted octanol–water partition coefficient (Wildman–Crippen LogP) is 2.20. The van der Waals surface area contributed by atoms with Gasteiger partial charge in [0.25, 0.3) is 0 Å². The highest BCUT2D eigenvalue weighted by atomic mass is 16.5. The minimum Gasteiger partial charge on any atom is -0.378 e. The van der Waals surface area contributed by atoms with Crippen molar-refractivity contribution >= 4 is 28.6 Å². The Labute approximate surface area is 176 Å². The number of benzene rings is 1. The zero-order valence-electron chi connectivity index (χ0n) is 17.6. The van der Waals surface area contributed by atoms with Gasteiger partial charge in [-0.25, -0.2) is 15.0 Å². The molecule has 8 nitrogen and oxygen atoms in total. The molecule has 0 radical (unpaired) electrons. The number of aromatic nitrogens is 4. The maximum atomic E-state index is 5.46. The highest BCUT2D eigenvalue weighted by Gasteiger charge is 2.23. The number of morpholine rings is 1. The molecule has 30 heavy (non-hydrogen) atoms. The molecular formula is C22H27N7O. The molecule has 0 unspecified atom stereocenters. The summed E-state index contributed by atoms with van der Waals surface area (Å²) < 4.78 is 5.46. The fourth-order valence-corrected chi connectivity index (χ4v) is 4.13. The van der Waals surface area contributed by atoms with Gasteiger partial charge in [-0.1, -0.05) is 12.1 Å². The second kappa shape index (κ2) is 8.02. The highest BCUT2D eigenvalue weighted by Crippen LogP contribution is 2.24. The topological polar surface area (TPSA) is 70.5 Å². The molecule has 4 heterocycles. The van der Waals surface area contributed by atoms with Gasteiger partial charge in [-0.15, -0.1) is 0 Å². The molecular weight excluding hydrogens is 378 g/mol. The van der Waals surface area contributed by atoms with Crippen LogP contribution in [-0.4, -0.2) is 72.4 Å². The molecule has 0 N–H and O–H groups in total. The fraction of sp³-hybridized carbons (Fsp3) is 0.455. The second-order valence-electron chi connectivity index (χ2n) is 7.86. The van der Waals surface area contributed by atoms with Crippen molar-refractivity contribution < 1.29 is 4.74 Å². The highest BCUT2D eigenvalue weighted by molar-refractivity contribution is 5.76. The molecule has 0 spiro atoms. The van der Waals surface area contributed by atoms with Crippen molar-refractivity contribution in [2.45, 2.75) is 13.8 Å². The number of nitrogens with zero attached hydrogens (tertiary/aromatic N) is 7. The Morgan fingerprint density at radius 2 is 1.40 bits per heavy atom. The largest absolute Gasteiger partial charge is 0.378 e. The van der Waals surface area contributed by atoms with E-state index in [0.29, 0.717) is 0 Å². The van der Waals surface area contributed by atoms with Gasteiger partial charge in [0.1, 0.15) is 5.82 Å². The van der Waals surface area contributed by atoms with Crippen LogP contribution in [0.4, 0.5) is 17.6 Å². The summed E-state index contributed by atoms with van der Waals surface area (Å²) >= 11 is 0. The summed E-state index contributed by atoms with van der Waals surface area (Å²) in [6.07, 6.45) is 0. The summed E-state index contributed by atoms with van der Waals surface area (Å²) in [5.74, 6) is 2.80. The van der Waals surface area contributed by atoms with Crippen LogP contribution in [0.2, 0.25) is 0 Å². The van der Waals surface area contributed by atoms with Crippen molar-refractivity contribution in [3.8, 4) is 0 Å². The van der Waals surface area contributed by atoms with E-state index in [1.54, 1.807) is 0 Å². The van der Waals surface area contributed by atoms with Crippen molar-refractivity contribution in [2.75, 3.05) is 67.2 Å². The van der Waals surface area contributed by atoms with Crippen LogP contribution in [0.3, 0.4) is 0 Å². The monoisotopic (exact) mass is 405 g/mol. The van der Waals surface area contributed by atoms with E-state index < -0.39 is 0 Å². The Kier molecular flexibility index (Phi) is 5.08. The third-order valence-electron chi connectivity index (χ3n) is 5.75. The molecule has 8 heteroatoms. The Morgan fingerprint density at radius 3 is 2.13 bits per heavy atom. The fourth-order valence-electron chi connectivity index (χ4n) is 4.13. The molecule has 0 amide bonds. The minimum absolute atomic E-state index is 0.734. The Bertz CT molecular complexity index is 1040. The van der Waals surface area contributed by atoms with Crippen LogP contribution in [0.25, 0.3) is 11.0 Å². The summed E-state index contributed by atoms with van der Waals surface area (Å²) in [5.41, 5.74) is 3.88. The summed E-state index contributed by atoms with van der Waals surface area (Å²) in [5, 5.41) is 0. The molecule has 2 aliphatic rings. The van der Waals surface area contributed by atoms with Gasteiger partial charge in [-0.2, -0.15) is 4.98 Å². The quantitative estimate of drug-likeness (QED) is 0.657. The van der Waals surface area contributed by atoms with Crippen LogP contribution < -0.4 is 14.7 Å². The number of hydrogen-bond acceptors (Lipinski definition) is 8. The lowest BCUT2D eigenvalue weighted by Gasteiger charge is -2.37. The number of anilines is 3. The van der Waals surface area contributed by atoms with Crippen LogP contribution in [-0.2, 0) is 4.74 Å². The molecule has 2 aliphatic heterocycles. The standard InChI is InChI=1S/C22H27N7O/c1-16-15-20(26-22(23-16)29-11-13-30-14-12-29)27-7-9-28(10-8-27)21-17(2)24-18-5-3-4-6-19(18)25-21/h3-6,15H,7-14H2,1-2H3. The third kappa shape index (κ3) is 3.75. The molecule has 2 saturated heterocycles. The van der Waals surface area contributed by atoms with E-state index >= 15 is 0 Å². The molecule has 156 valence electrons. The van der Waals surface area contributed by atoms with Crippen molar-refractivity contribution in [1.29, 1.82) is 0 Å². The van der Waals surface area contributed by atoms with Gasteiger partial charge < -0.3 is 19.4 Å². The average molecular weight is 406 g/mol. The van der Waals surface area contributed by atoms with E-state index in [0.717, 1.165) is 92.5 Å². The van der Waals surface area contributed by atoms with Crippen molar-refractivity contribution in [3.05, 3.63) is 41.7 Å². The van der Waals surface area contributed by atoms with E-state index in [1.165, 1.54) is 0 Å². The molecule has 0 aliphatic carbocycles. The number of piperazine rings is 1. The van der Waals surface area contributed by atoms with Gasteiger partial charge in [0, 0.05) is 51.0 Å². The Morgan fingerprint density at radius 1 is 0.733 bits per heavy atom. The van der Waals surface area contributed by atoms with E-state index in [4.69, 9.17) is 19.7 Å². The van der Waals surface area contributed by atoms with Gasteiger partial charge in [-0.05, 0) is 26.0 Å². The molecule has 0 bridgehead atoms. The van der Waals surface area contributed by atoms with Crippen LogP contribution in [0.15, 0.2) is 30.3 Å². The van der Waals surface area contributed by atoms with Gasteiger partial charge in [-0.3, -0.25) is 0 Å². The number of ether oxygens (including phenoxy) is 1. The van der Waals surface area contributed by atoms with Gasteiger partial charge in [0.15, 0.2) is 5.82 Å². The van der Waals surface area contributed by atoms with Crippen molar-refractivity contribution in [1.82, 2.24) is 19.9 Å². The van der Waals surface area contributed by atoms with Crippen molar-refractivity contribution in [2.24, 2.45) is 0 Å².